The molecule has 1 N–H and O–H groups in total. The number of benzene rings is 1. The highest BCUT2D eigenvalue weighted by Crippen LogP contribution is 2.26. The van der Waals surface area contributed by atoms with E-state index in [1.54, 1.807) is 6.07 Å². The molecule has 0 bridgehead atoms. The van der Waals surface area contributed by atoms with Crippen molar-refractivity contribution in [1.82, 2.24) is 4.98 Å². The Hall–Kier alpha value is -2.54. The van der Waals surface area contributed by atoms with Crippen LogP contribution in [0.2, 0.25) is 0 Å². The molecular weight excluding hydrogens is 204 g/mol. The number of pyridine rings is 1. The number of nitriles is 1. The van der Waals surface area contributed by atoms with Crippen LogP contribution in [0.25, 0.3) is 22.1 Å². The van der Waals surface area contributed by atoms with Gasteiger partial charge in [-0.2, -0.15) is 5.26 Å². The highest BCUT2D eigenvalue weighted by Gasteiger charge is 2.09. The molecule has 1 aromatic carbocycles. The van der Waals surface area contributed by atoms with Crippen molar-refractivity contribution in [3.05, 3.63) is 46.2 Å². The van der Waals surface area contributed by atoms with Gasteiger partial charge in [0.25, 0.3) is 5.56 Å². The molecule has 0 aliphatic heterocycles. The minimum atomic E-state index is -0.422. The number of aromatic amines is 1. The summed E-state index contributed by atoms with van der Waals surface area (Å²) in [5, 5.41) is 10.4. The number of hydrogen-bond donors (Lipinski definition) is 1. The lowest BCUT2D eigenvalue weighted by Gasteiger charge is -1.89. The molecule has 0 aliphatic rings. The minimum Gasteiger partial charge on any atom is -0.440 e. The van der Waals surface area contributed by atoms with Gasteiger partial charge in [-0.1, -0.05) is 18.2 Å². The fraction of sp³-hybridized carbons (Fsp3) is 0. The Labute approximate surface area is 89.7 Å². The van der Waals surface area contributed by atoms with Crippen LogP contribution in [0.15, 0.2) is 39.5 Å². The molecule has 0 radical (unpaired) electrons. The molecule has 3 aromatic rings. The maximum absolute atomic E-state index is 11.4. The second-order valence-electron chi connectivity index (χ2n) is 3.46. The number of nitrogens with zero attached hydrogens (tertiary/aromatic N) is 1. The maximum atomic E-state index is 11.4. The molecule has 0 atom stereocenters. The molecule has 3 rings (SSSR count). The Balaban J connectivity index is 2.58. The average Bonchev–Trinajstić information content (AvgIpc) is 2.65. The van der Waals surface area contributed by atoms with Gasteiger partial charge in [0.05, 0.1) is 0 Å². The molecule has 0 aliphatic carbocycles. The summed E-state index contributed by atoms with van der Waals surface area (Å²) in [5.41, 5.74) is 0.779. The molecule has 0 unspecified atom stereocenters. The third-order valence-electron chi connectivity index (χ3n) is 2.51. The van der Waals surface area contributed by atoms with Crippen molar-refractivity contribution in [2.24, 2.45) is 0 Å². The molecule has 2 heterocycles. The SMILES string of the molecule is N#Cc1cc2c([nH]c1=O)oc1ccccc12. The molecule has 0 saturated carbocycles. The summed E-state index contributed by atoms with van der Waals surface area (Å²) in [6.07, 6.45) is 0. The Bertz CT molecular complexity index is 790. The first kappa shape index (κ1) is 8.74. The summed E-state index contributed by atoms with van der Waals surface area (Å²) in [6.45, 7) is 0. The van der Waals surface area contributed by atoms with Gasteiger partial charge >= 0.3 is 0 Å². The quantitative estimate of drug-likeness (QED) is 0.618. The normalized spacial score (nSPS) is 10.7. The second kappa shape index (κ2) is 2.97. The van der Waals surface area contributed by atoms with Gasteiger partial charge in [-0.05, 0) is 12.1 Å². The van der Waals surface area contributed by atoms with Crippen molar-refractivity contribution in [1.29, 1.82) is 5.26 Å². The van der Waals surface area contributed by atoms with Crippen LogP contribution in [-0.2, 0) is 0 Å². The molecule has 2 aromatic heterocycles. The van der Waals surface area contributed by atoms with E-state index in [4.69, 9.17) is 9.68 Å². The summed E-state index contributed by atoms with van der Waals surface area (Å²) >= 11 is 0. The van der Waals surface area contributed by atoms with Gasteiger partial charge < -0.3 is 4.42 Å². The summed E-state index contributed by atoms with van der Waals surface area (Å²) in [4.78, 5) is 14.0. The Morgan fingerprint density at radius 3 is 2.88 bits per heavy atom. The van der Waals surface area contributed by atoms with Crippen LogP contribution in [0.5, 0.6) is 0 Å². The van der Waals surface area contributed by atoms with Gasteiger partial charge in [0.1, 0.15) is 17.2 Å². The van der Waals surface area contributed by atoms with Crippen molar-refractivity contribution in [3.63, 3.8) is 0 Å². The largest absolute Gasteiger partial charge is 0.440 e. The molecule has 0 amide bonds. The Morgan fingerprint density at radius 2 is 2.06 bits per heavy atom. The fourth-order valence-electron chi connectivity index (χ4n) is 1.76. The zero-order valence-corrected chi connectivity index (χ0v) is 8.15. The van der Waals surface area contributed by atoms with Crippen LogP contribution in [0.1, 0.15) is 5.56 Å². The summed E-state index contributed by atoms with van der Waals surface area (Å²) in [7, 11) is 0. The van der Waals surface area contributed by atoms with E-state index in [2.05, 4.69) is 4.98 Å². The molecule has 0 spiro atoms. The first-order chi connectivity index (χ1) is 7.79. The second-order valence-corrected chi connectivity index (χ2v) is 3.46. The van der Waals surface area contributed by atoms with Crippen LogP contribution in [0.4, 0.5) is 0 Å². The fourth-order valence-corrected chi connectivity index (χ4v) is 1.76. The topological polar surface area (TPSA) is 69.8 Å². The third-order valence-corrected chi connectivity index (χ3v) is 2.51. The Kier molecular flexibility index (Phi) is 1.62. The molecule has 0 fully saturated rings. The van der Waals surface area contributed by atoms with Gasteiger partial charge in [-0.15, -0.1) is 0 Å². The Morgan fingerprint density at radius 1 is 1.25 bits per heavy atom. The lowest BCUT2D eigenvalue weighted by atomic mass is 10.1. The number of fused-ring (bicyclic) bond motifs is 3. The van der Waals surface area contributed by atoms with Gasteiger partial charge in [0.15, 0.2) is 0 Å². The highest BCUT2D eigenvalue weighted by molar-refractivity contribution is 6.03. The summed E-state index contributed by atoms with van der Waals surface area (Å²) in [6, 6.07) is 10.9. The number of H-pyrrole nitrogens is 1. The summed E-state index contributed by atoms with van der Waals surface area (Å²) in [5.74, 6) is 0. The van der Waals surface area contributed by atoms with Crippen LogP contribution in [-0.4, -0.2) is 4.98 Å². The first-order valence-corrected chi connectivity index (χ1v) is 4.74. The van der Waals surface area contributed by atoms with Crippen LogP contribution in [0, 0.1) is 11.3 Å². The van der Waals surface area contributed by atoms with E-state index >= 15 is 0 Å². The molecule has 16 heavy (non-hydrogen) atoms. The van der Waals surface area contributed by atoms with Crippen molar-refractivity contribution >= 4 is 22.1 Å². The molecular formula is C12H6N2O2. The van der Waals surface area contributed by atoms with E-state index in [0.29, 0.717) is 11.3 Å². The zero-order valence-electron chi connectivity index (χ0n) is 8.15. The molecule has 4 heteroatoms. The van der Waals surface area contributed by atoms with Gasteiger partial charge in [0, 0.05) is 10.8 Å². The standard InChI is InChI=1S/C12H6N2O2/c13-6-7-5-9-8-3-1-2-4-10(8)16-12(9)14-11(7)15/h1-5H,(H,14,15). The number of rotatable bonds is 0. The minimum absolute atomic E-state index is 0.0963. The smallest absolute Gasteiger partial charge is 0.268 e. The number of furan rings is 1. The van der Waals surface area contributed by atoms with E-state index in [1.165, 1.54) is 0 Å². The number of hydrogen-bond acceptors (Lipinski definition) is 3. The van der Waals surface area contributed by atoms with Gasteiger partial charge in [0.2, 0.25) is 5.71 Å². The van der Waals surface area contributed by atoms with Gasteiger partial charge in [-0.25, -0.2) is 0 Å². The average molecular weight is 210 g/mol. The van der Waals surface area contributed by atoms with E-state index in [9.17, 15) is 4.79 Å². The predicted molar refractivity (Wildman–Crippen MR) is 59.1 cm³/mol. The maximum Gasteiger partial charge on any atom is 0.268 e. The predicted octanol–water partition coefficient (Wildman–Crippen LogP) is 2.15. The molecule has 76 valence electrons. The van der Waals surface area contributed by atoms with Crippen molar-refractivity contribution in [2.75, 3.05) is 0 Å². The molecule has 4 nitrogen and oxygen atoms in total. The lowest BCUT2D eigenvalue weighted by Crippen LogP contribution is -2.08. The van der Waals surface area contributed by atoms with Crippen LogP contribution in [0.3, 0.4) is 0 Å². The van der Waals surface area contributed by atoms with E-state index in [-0.39, 0.29) is 5.56 Å². The van der Waals surface area contributed by atoms with Gasteiger partial charge in [-0.3, -0.25) is 9.78 Å². The third kappa shape index (κ3) is 1.06. The van der Waals surface area contributed by atoms with Crippen LogP contribution >= 0.6 is 0 Å². The van der Waals surface area contributed by atoms with E-state index in [0.717, 1.165) is 10.8 Å². The first-order valence-electron chi connectivity index (χ1n) is 4.74. The number of nitrogens with one attached hydrogen (secondary N) is 1. The van der Waals surface area contributed by atoms with Crippen molar-refractivity contribution < 1.29 is 4.42 Å². The van der Waals surface area contributed by atoms with E-state index in [1.807, 2.05) is 30.3 Å². The number of aromatic nitrogens is 1. The summed E-state index contributed by atoms with van der Waals surface area (Å²) < 4.78 is 5.47. The molecule has 0 saturated heterocycles. The lowest BCUT2D eigenvalue weighted by molar-refractivity contribution is 0.652. The highest BCUT2D eigenvalue weighted by atomic mass is 16.3. The van der Waals surface area contributed by atoms with Crippen molar-refractivity contribution in [2.45, 2.75) is 0 Å². The monoisotopic (exact) mass is 210 g/mol. The van der Waals surface area contributed by atoms with E-state index < -0.39 is 5.56 Å². The number of para-hydroxylation sites is 1. The van der Waals surface area contributed by atoms with Crippen molar-refractivity contribution in [3.8, 4) is 6.07 Å². The zero-order chi connectivity index (χ0) is 11.1. The van der Waals surface area contributed by atoms with Crippen LogP contribution < -0.4 is 5.56 Å².